The van der Waals surface area contributed by atoms with Crippen molar-refractivity contribution in [2.75, 3.05) is 19.6 Å². The van der Waals surface area contributed by atoms with Crippen molar-refractivity contribution in [1.29, 1.82) is 0 Å². The molecule has 144 valence electrons. The number of carbonyl (C=O) groups excluding carboxylic acids is 1. The van der Waals surface area contributed by atoms with Gasteiger partial charge in [0.15, 0.2) is 5.82 Å². The maximum atomic E-state index is 12.9. The zero-order valence-electron chi connectivity index (χ0n) is 15.5. The van der Waals surface area contributed by atoms with Crippen LogP contribution in [0, 0.1) is 17.8 Å². The van der Waals surface area contributed by atoms with Gasteiger partial charge in [0, 0.05) is 18.9 Å². The minimum Gasteiger partial charge on any atom is -0.333 e. The van der Waals surface area contributed by atoms with Gasteiger partial charge in [-0.3, -0.25) is 4.79 Å². The topological polar surface area (TPSA) is 63.1 Å². The summed E-state index contributed by atoms with van der Waals surface area (Å²) in [6.07, 6.45) is 1.85. The summed E-state index contributed by atoms with van der Waals surface area (Å²) in [7, 11) is 0. The molecule has 1 aromatic carbocycles. The summed E-state index contributed by atoms with van der Waals surface area (Å²) in [6, 6.07) is 10.7. The number of aromatic nitrogens is 3. The Morgan fingerprint density at radius 3 is 2.63 bits per heavy atom. The molecule has 6 nitrogen and oxygen atoms in total. The van der Waals surface area contributed by atoms with Gasteiger partial charge >= 0.3 is 0 Å². The van der Waals surface area contributed by atoms with Crippen molar-refractivity contribution >= 4 is 18.3 Å². The molecular formula is C20H26ClN5O. The highest BCUT2D eigenvalue weighted by molar-refractivity contribution is 5.85. The number of nitrogens with one attached hydrogen (secondary N) is 1. The number of hydrogen-bond acceptors (Lipinski definition) is 4. The Morgan fingerprint density at radius 1 is 1.15 bits per heavy atom. The molecule has 1 aliphatic carbocycles. The van der Waals surface area contributed by atoms with E-state index in [1.54, 1.807) is 0 Å². The third-order valence-electron chi connectivity index (χ3n) is 6.26. The Balaban J connectivity index is 0.00000180. The fourth-order valence-electron chi connectivity index (χ4n) is 4.85. The smallest absolute Gasteiger partial charge is 0.226 e. The van der Waals surface area contributed by atoms with Crippen LogP contribution in [0.5, 0.6) is 0 Å². The van der Waals surface area contributed by atoms with Gasteiger partial charge in [-0.05, 0) is 43.8 Å². The average molecular weight is 388 g/mol. The van der Waals surface area contributed by atoms with Crippen LogP contribution < -0.4 is 5.32 Å². The van der Waals surface area contributed by atoms with Crippen molar-refractivity contribution in [1.82, 2.24) is 25.0 Å². The highest BCUT2D eigenvalue weighted by Gasteiger charge is 2.58. The van der Waals surface area contributed by atoms with Crippen molar-refractivity contribution in [3.63, 3.8) is 0 Å². The van der Waals surface area contributed by atoms with Gasteiger partial charge in [-0.2, -0.15) is 0 Å². The highest BCUT2D eigenvalue weighted by atomic mass is 35.5. The predicted octanol–water partition coefficient (Wildman–Crippen LogP) is 1.85. The fourth-order valence-corrected chi connectivity index (χ4v) is 4.85. The molecule has 4 atom stereocenters. The van der Waals surface area contributed by atoms with Gasteiger partial charge in [0.2, 0.25) is 5.91 Å². The van der Waals surface area contributed by atoms with Gasteiger partial charge in [0.05, 0.1) is 12.6 Å². The van der Waals surface area contributed by atoms with Crippen LogP contribution in [0.2, 0.25) is 0 Å². The van der Waals surface area contributed by atoms with E-state index in [-0.39, 0.29) is 24.4 Å². The number of benzene rings is 1. The third kappa shape index (κ3) is 3.25. The maximum Gasteiger partial charge on any atom is 0.226 e. The van der Waals surface area contributed by atoms with E-state index < -0.39 is 0 Å². The lowest BCUT2D eigenvalue weighted by Crippen LogP contribution is -2.42. The number of rotatable bonds is 4. The molecule has 0 bridgehead atoms. The first-order chi connectivity index (χ1) is 12.7. The maximum absolute atomic E-state index is 12.9. The Labute approximate surface area is 165 Å². The quantitative estimate of drug-likeness (QED) is 0.869. The van der Waals surface area contributed by atoms with Crippen LogP contribution in [0.3, 0.4) is 0 Å². The summed E-state index contributed by atoms with van der Waals surface area (Å²) < 4.78 is 2.25. The predicted molar refractivity (Wildman–Crippen MR) is 105 cm³/mol. The van der Waals surface area contributed by atoms with Gasteiger partial charge < -0.3 is 14.8 Å². The molecule has 27 heavy (non-hydrogen) atoms. The summed E-state index contributed by atoms with van der Waals surface area (Å²) in [6.45, 7) is 5.55. The van der Waals surface area contributed by atoms with E-state index in [1.807, 2.05) is 11.0 Å². The molecule has 2 fully saturated rings. The Bertz CT molecular complexity index is 813. The van der Waals surface area contributed by atoms with Gasteiger partial charge in [-0.25, -0.2) is 0 Å². The molecule has 1 unspecified atom stereocenters. The highest BCUT2D eigenvalue weighted by Crippen LogP contribution is 2.50. The first-order valence-electron chi connectivity index (χ1n) is 9.68. The Kier molecular flexibility index (Phi) is 4.95. The Hall–Kier alpha value is -1.92. The van der Waals surface area contributed by atoms with Crippen LogP contribution in [-0.2, 0) is 24.2 Å². The normalized spacial score (nSPS) is 28.3. The van der Waals surface area contributed by atoms with E-state index in [2.05, 4.69) is 51.3 Å². The molecule has 2 aromatic rings. The lowest BCUT2D eigenvalue weighted by Gasteiger charge is -2.33. The van der Waals surface area contributed by atoms with Crippen molar-refractivity contribution in [2.24, 2.45) is 17.8 Å². The number of aryl methyl sites for hydroxylation is 2. The van der Waals surface area contributed by atoms with Crippen molar-refractivity contribution in [2.45, 2.75) is 32.4 Å². The van der Waals surface area contributed by atoms with E-state index in [4.69, 9.17) is 0 Å². The van der Waals surface area contributed by atoms with Gasteiger partial charge in [-0.1, -0.05) is 30.3 Å². The molecule has 3 heterocycles. The first kappa shape index (κ1) is 18.4. The number of carbonyl (C=O) groups is 1. The zero-order chi connectivity index (χ0) is 17.7. The lowest BCUT2D eigenvalue weighted by molar-refractivity contribution is -0.135. The van der Waals surface area contributed by atoms with Crippen LogP contribution in [0.4, 0.5) is 0 Å². The average Bonchev–Trinajstić information content (AvgIpc) is 3.00. The summed E-state index contributed by atoms with van der Waals surface area (Å²) in [5, 5.41) is 12.2. The second kappa shape index (κ2) is 7.24. The van der Waals surface area contributed by atoms with Gasteiger partial charge in [-0.15, -0.1) is 22.6 Å². The molecule has 1 aromatic heterocycles. The molecule has 0 spiro atoms. The molecule has 1 saturated carbocycles. The van der Waals surface area contributed by atoms with E-state index in [1.165, 1.54) is 5.56 Å². The number of nitrogens with zero attached hydrogens (tertiary/aromatic N) is 4. The fraction of sp³-hybridized carbons (Fsp3) is 0.550. The molecule has 1 N–H and O–H groups in total. The second-order valence-electron chi connectivity index (χ2n) is 7.97. The number of piperidine rings is 1. The van der Waals surface area contributed by atoms with Crippen molar-refractivity contribution < 1.29 is 4.79 Å². The molecule has 1 saturated heterocycles. The van der Waals surface area contributed by atoms with Crippen LogP contribution in [0.1, 0.15) is 30.2 Å². The molecule has 3 aliphatic rings. The van der Waals surface area contributed by atoms with E-state index in [0.29, 0.717) is 24.3 Å². The van der Waals surface area contributed by atoms with Crippen LogP contribution in [-0.4, -0.2) is 45.2 Å². The third-order valence-corrected chi connectivity index (χ3v) is 6.26. The zero-order valence-corrected chi connectivity index (χ0v) is 16.4. The number of amides is 1. The number of fused-ring (bicyclic) bond motifs is 2. The monoisotopic (exact) mass is 387 g/mol. The molecule has 5 rings (SSSR count). The molecule has 0 radical (unpaired) electrons. The van der Waals surface area contributed by atoms with Crippen LogP contribution >= 0.6 is 12.4 Å². The minimum atomic E-state index is 0. The van der Waals surface area contributed by atoms with Gasteiger partial charge in [0.25, 0.3) is 0 Å². The van der Waals surface area contributed by atoms with Crippen molar-refractivity contribution in [3.8, 4) is 0 Å². The minimum absolute atomic E-state index is 0. The van der Waals surface area contributed by atoms with E-state index >= 15 is 0 Å². The van der Waals surface area contributed by atoms with Gasteiger partial charge in [0.1, 0.15) is 5.82 Å². The van der Waals surface area contributed by atoms with E-state index in [9.17, 15) is 4.79 Å². The SMILES string of the molecule is C[C@H]1CN(C(=O)C2[C@H]3CNC[C@@H]23)Cc2nnc(CCc3ccccc3)n21.Cl. The molecule has 1 amide bonds. The summed E-state index contributed by atoms with van der Waals surface area (Å²) in [4.78, 5) is 14.9. The molecular weight excluding hydrogens is 362 g/mol. The summed E-state index contributed by atoms with van der Waals surface area (Å²) in [5.41, 5.74) is 1.32. The van der Waals surface area contributed by atoms with Crippen LogP contribution in [0.25, 0.3) is 0 Å². The standard InChI is InChI=1S/C20H25N5O.ClH/c1-13-11-24(20(26)19-15-9-21-10-16(15)19)12-18-23-22-17(25(13)18)8-7-14-5-3-2-4-6-14;/h2-6,13,15-16,19,21H,7-12H2,1H3;1H/t13-,15-,16+,19?;/m0./s1. The largest absolute Gasteiger partial charge is 0.333 e. The number of hydrogen-bond donors (Lipinski definition) is 1. The summed E-state index contributed by atoms with van der Waals surface area (Å²) in [5.74, 6) is 3.68. The first-order valence-corrected chi connectivity index (χ1v) is 9.68. The summed E-state index contributed by atoms with van der Waals surface area (Å²) >= 11 is 0. The molecule has 7 heteroatoms. The lowest BCUT2D eigenvalue weighted by atomic mass is 10.1. The second-order valence-corrected chi connectivity index (χ2v) is 7.97. The van der Waals surface area contributed by atoms with Crippen molar-refractivity contribution in [3.05, 3.63) is 47.5 Å². The number of halogens is 1. The van der Waals surface area contributed by atoms with Crippen LogP contribution in [0.15, 0.2) is 30.3 Å². The van der Waals surface area contributed by atoms with E-state index in [0.717, 1.165) is 44.1 Å². The Morgan fingerprint density at radius 2 is 1.89 bits per heavy atom. The molecule has 2 aliphatic heterocycles.